The highest BCUT2D eigenvalue weighted by Crippen LogP contribution is 2.22. The monoisotopic (exact) mass is 253 g/mol. The average Bonchev–Trinajstić information content (AvgIpc) is 2.34. The first-order chi connectivity index (χ1) is 8.58. The van der Waals surface area contributed by atoms with Crippen LogP contribution in [0.4, 0.5) is 10.1 Å². The predicted molar refractivity (Wildman–Crippen MR) is 61.6 cm³/mol. The number of nitro benzene ring substituents is 1. The Hall–Kier alpha value is -2.20. The van der Waals surface area contributed by atoms with Crippen LogP contribution in [0.25, 0.3) is 0 Å². The van der Waals surface area contributed by atoms with Gasteiger partial charge in [0, 0.05) is 18.6 Å². The van der Waals surface area contributed by atoms with Crippen molar-refractivity contribution in [2.45, 2.75) is 12.5 Å². The second-order valence-electron chi connectivity index (χ2n) is 3.48. The molecule has 1 aromatic rings. The van der Waals surface area contributed by atoms with Gasteiger partial charge in [-0.2, -0.15) is 9.65 Å². The fourth-order valence-electron chi connectivity index (χ4n) is 1.29. The molecule has 0 spiro atoms. The highest BCUT2D eigenvalue weighted by Gasteiger charge is 2.14. The number of nitro groups is 1. The lowest BCUT2D eigenvalue weighted by Crippen LogP contribution is -2.25. The molecule has 1 N–H and O–H groups in total. The number of nitrogens with one attached hydrogen (secondary N) is 1. The van der Waals surface area contributed by atoms with Crippen LogP contribution in [-0.2, 0) is 0 Å². The van der Waals surface area contributed by atoms with Crippen molar-refractivity contribution in [1.82, 2.24) is 5.32 Å². The third-order valence-electron chi connectivity index (χ3n) is 2.30. The molecule has 0 amide bonds. The fourth-order valence-corrected chi connectivity index (χ4v) is 1.29. The van der Waals surface area contributed by atoms with Crippen molar-refractivity contribution in [2.75, 3.05) is 13.7 Å². The molecule has 0 saturated carbocycles. The minimum atomic E-state index is -0.942. The van der Waals surface area contributed by atoms with Gasteiger partial charge in [-0.3, -0.25) is 10.1 Å². The van der Waals surface area contributed by atoms with Gasteiger partial charge >= 0.3 is 5.69 Å². The first-order valence-corrected chi connectivity index (χ1v) is 5.22. The van der Waals surface area contributed by atoms with E-state index in [9.17, 15) is 14.5 Å². The zero-order chi connectivity index (χ0) is 13.5. The Kier molecular flexibility index (Phi) is 5.02. The summed E-state index contributed by atoms with van der Waals surface area (Å²) in [5.41, 5.74) is -0.590. The summed E-state index contributed by atoms with van der Waals surface area (Å²) in [7, 11) is 1.65. The van der Waals surface area contributed by atoms with Crippen LogP contribution in [0.5, 0.6) is 5.75 Å². The summed E-state index contributed by atoms with van der Waals surface area (Å²) in [6.45, 7) is 0.219. The zero-order valence-electron chi connectivity index (χ0n) is 9.72. The molecule has 1 unspecified atom stereocenters. The van der Waals surface area contributed by atoms with Crippen molar-refractivity contribution < 1.29 is 14.1 Å². The van der Waals surface area contributed by atoms with E-state index >= 15 is 0 Å². The maximum Gasteiger partial charge on any atom is 0.305 e. The first kappa shape index (κ1) is 13.9. The molecule has 0 heterocycles. The molecule has 0 aliphatic rings. The molecule has 0 bridgehead atoms. The third kappa shape index (κ3) is 3.68. The Labute approximate surface area is 103 Å². The van der Waals surface area contributed by atoms with Crippen molar-refractivity contribution in [1.29, 1.82) is 5.26 Å². The van der Waals surface area contributed by atoms with E-state index in [1.54, 1.807) is 7.05 Å². The van der Waals surface area contributed by atoms with Crippen molar-refractivity contribution >= 4 is 5.69 Å². The summed E-state index contributed by atoms with van der Waals surface area (Å²) in [6.07, 6.45) is 0.436. The van der Waals surface area contributed by atoms with Crippen LogP contribution < -0.4 is 10.1 Å². The number of hydrogen-bond acceptors (Lipinski definition) is 5. The van der Waals surface area contributed by atoms with Gasteiger partial charge in [-0.05, 0) is 13.1 Å². The van der Waals surface area contributed by atoms with E-state index in [1.165, 1.54) is 6.07 Å². The van der Waals surface area contributed by atoms with Gasteiger partial charge < -0.3 is 10.1 Å². The molecule has 0 aliphatic carbocycles. The maximum absolute atomic E-state index is 13.2. The highest BCUT2D eigenvalue weighted by atomic mass is 19.1. The lowest BCUT2D eigenvalue weighted by molar-refractivity contribution is -0.387. The number of halogens is 1. The van der Waals surface area contributed by atoms with Crippen molar-refractivity contribution in [3.05, 3.63) is 34.1 Å². The standard InChI is InChI=1S/C11H12FN3O3/c1-14-8(7-13)4-5-18-9-2-3-11(15(16)17)10(12)6-9/h2-3,6,8,14H,4-5H2,1H3. The molecule has 1 aromatic carbocycles. The molecule has 0 aliphatic heterocycles. The summed E-state index contributed by atoms with van der Waals surface area (Å²) < 4.78 is 18.4. The van der Waals surface area contributed by atoms with Crippen molar-refractivity contribution in [3.63, 3.8) is 0 Å². The number of ether oxygens (including phenoxy) is 1. The zero-order valence-corrected chi connectivity index (χ0v) is 9.72. The van der Waals surface area contributed by atoms with Gasteiger partial charge in [0.1, 0.15) is 5.75 Å². The molecule has 0 fully saturated rings. The minimum Gasteiger partial charge on any atom is -0.493 e. The molecule has 0 saturated heterocycles. The molecule has 96 valence electrons. The smallest absolute Gasteiger partial charge is 0.305 e. The minimum absolute atomic E-state index is 0.200. The molecular formula is C11H12FN3O3. The van der Waals surface area contributed by atoms with Crippen molar-refractivity contribution in [2.24, 2.45) is 0 Å². The highest BCUT2D eigenvalue weighted by molar-refractivity contribution is 5.37. The Balaban J connectivity index is 2.57. The molecule has 0 aromatic heterocycles. The fraction of sp³-hybridized carbons (Fsp3) is 0.364. The SMILES string of the molecule is CNC(C#N)CCOc1ccc([N+](=O)[O-])c(F)c1. The van der Waals surface area contributed by atoms with E-state index in [0.717, 1.165) is 12.1 Å². The molecule has 7 heteroatoms. The number of nitriles is 1. The van der Waals surface area contributed by atoms with Crippen LogP contribution in [-0.4, -0.2) is 24.6 Å². The van der Waals surface area contributed by atoms with Gasteiger partial charge in [-0.1, -0.05) is 0 Å². The van der Waals surface area contributed by atoms with E-state index in [-0.39, 0.29) is 18.4 Å². The Morgan fingerprint density at radius 1 is 1.67 bits per heavy atom. The van der Waals surface area contributed by atoms with E-state index in [0.29, 0.717) is 6.42 Å². The molecule has 1 atom stereocenters. The van der Waals surface area contributed by atoms with Crippen LogP contribution in [0.1, 0.15) is 6.42 Å². The normalized spacial score (nSPS) is 11.6. The van der Waals surface area contributed by atoms with Gasteiger partial charge in [-0.15, -0.1) is 0 Å². The maximum atomic E-state index is 13.2. The largest absolute Gasteiger partial charge is 0.493 e. The number of benzene rings is 1. The quantitative estimate of drug-likeness (QED) is 0.614. The molecule has 6 nitrogen and oxygen atoms in total. The van der Waals surface area contributed by atoms with Crippen LogP contribution in [0.2, 0.25) is 0 Å². The summed E-state index contributed by atoms with van der Waals surface area (Å²) >= 11 is 0. The van der Waals surface area contributed by atoms with Gasteiger partial charge in [0.25, 0.3) is 0 Å². The Bertz CT molecular complexity index is 473. The van der Waals surface area contributed by atoms with E-state index in [4.69, 9.17) is 10.00 Å². The average molecular weight is 253 g/mol. The Morgan fingerprint density at radius 3 is 2.89 bits per heavy atom. The number of hydrogen-bond donors (Lipinski definition) is 1. The van der Waals surface area contributed by atoms with E-state index in [1.807, 2.05) is 6.07 Å². The van der Waals surface area contributed by atoms with E-state index in [2.05, 4.69) is 5.32 Å². The number of nitrogens with zero attached hydrogens (tertiary/aromatic N) is 2. The van der Waals surface area contributed by atoms with Crippen LogP contribution >= 0.6 is 0 Å². The van der Waals surface area contributed by atoms with Crippen LogP contribution in [0, 0.1) is 27.3 Å². The molecular weight excluding hydrogens is 241 g/mol. The van der Waals surface area contributed by atoms with Gasteiger partial charge in [-0.25, -0.2) is 0 Å². The predicted octanol–water partition coefficient (Wildman–Crippen LogP) is 1.61. The number of rotatable bonds is 6. The summed E-state index contributed by atoms with van der Waals surface area (Å²) in [5, 5.41) is 21.8. The lowest BCUT2D eigenvalue weighted by atomic mass is 10.2. The Morgan fingerprint density at radius 2 is 2.39 bits per heavy atom. The first-order valence-electron chi connectivity index (χ1n) is 5.22. The summed E-state index contributed by atoms with van der Waals surface area (Å²) in [6, 6.07) is 5.00. The molecule has 0 radical (unpaired) electrons. The van der Waals surface area contributed by atoms with Gasteiger partial charge in [0.15, 0.2) is 0 Å². The van der Waals surface area contributed by atoms with Gasteiger partial charge in [0.05, 0.1) is 23.6 Å². The van der Waals surface area contributed by atoms with Gasteiger partial charge in [0.2, 0.25) is 5.82 Å². The topological polar surface area (TPSA) is 88.2 Å². The third-order valence-corrected chi connectivity index (χ3v) is 2.30. The summed E-state index contributed by atoms with van der Waals surface area (Å²) in [5.74, 6) is -0.742. The molecule has 18 heavy (non-hydrogen) atoms. The van der Waals surface area contributed by atoms with Crippen LogP contribution in [0.3, 0.4) is 0 Å². The van der Waals surface area contributed by atoms with Crippen molar-refractivity contribution in [3.8, 4) is 11.8 Å². The van der Waals surface area contributed by atoms with Crippen LogP contribution in [0.15, 0.2) is 18.2 Å². The lowest BCUT2D eigenvalue weighted by Gasteiger charge is -2.09. The second-order valence-corrected chi connectivity index (χ2v) is 3.48. The second kappa shape index (κ2) is 6.51. The molecule has 1 rings (SSSR count). The van der Waals surface area contributed by atoms with E-state index < -0.39 is 16.4 Å². The summed E-state index contributed by atoms with van der Waals surface area (Å²) in [4.78, 5) is 9.59.